The predicted molar refractivity (Wildman–Crippen MR) is 84.3 cm³/mol. The fourth-order valence-electron chi connectivity index (χ4n) is 2.22. The standard InChI is InChI=1S/C16H26N4O/c1-4-14(2)20-10-7-15(18-20)13-19-9-5-6-16(19)12-17-8-11-21-3/h5-7,9-10,14,17H,4,8,11-13H2,1-3H3. The van der Waals surface area contributed by atoms with E-state index >= 15 is 0 Å². The van der Waals surface area contributed by atoms with Crippen molar-refractivity contribution in [2.24, 2.45) is 0 Å². The van der Waals surface area contributed by atoms with Crippen LogP contribution in [0.1, 0.15) is 37.7 Å². The van der Waals surface area contributed by atoms with E-state index in [1.54, 1.807) is 7.11 Å². The molecule has 0 amide bonds. The molecule has 0 aliphatic rings. The summed E-state index contributed by atoms with van der Waals surface area (Å²) in [6.07, 6.45) is 5.28. The van der Waals surface area contributed by atoms with Gasteiger partial charge in [-0.3, -0.25) is 4.68 Å². The third kappa shape index (κ3) is 4.44. The van der Waals surface area contributed by atoms with Crippen molar-refractivity contribution in [3.05, 3.63) is 42.0 Å². The Hall–Kier alpha value is -1.59. The van der Waals surface area contributed by atoms with Crippen LogP contribution in [0.3, 0.4) is 0 Å². The minimum absolute atomic E-state index is 0.457. The first kappa shape index (κ1) is 15.8. The van der Waals surface area contributed by atoms with Crippen LogP contribution < -0.4 is 5.32 Å². The molecule has 0 radical (unpaired) electrons. The molecule has 0 bridgehead atoms. The van der Waals surface area contributed by atoms with Gasteiger partial charge in [0.1, 0.15) is 0 Å². The van der Waals surface area contributed by atoms with Gasteiger partial charge in [0.05, 0.1) is 18.8 Å². The Bertz CT molecular complexity index is 532. The predicted octanol–water partition coefficient (Wildman–Crippen LogP) is 2.44. The topological polar surface area (TPSA) is 44.0 Å². The van der Waals surface area contributed by atoms with Crippen molar-refractivity contribution in [3.8, 4) is 0 Å². The molecule has 0 fully saturated rings. The molecule has 5 nitrogen and oxygen atoms in total. The van der Waals surface area contributed by atoms with E-state index in [0.29, 0.717) is 6.04 Å². The summed E-state index contributed by atoms with van der Waals surface area (Å²) in [4.78, 5) is 0. The fraction of sp³-hybridized carbons (Fsp3) is 0.562. The molecular formula is C16H26N4O. The highest BCUT2D eigenvalue weighted by Gasteiger charge is 2.07. The summed E-state index contributed by atoms with van der Waals surface area (Å²) in [5.74, 6) is 0. The van der Waals surface area contributed by atoms with Crippen LogP contribution in [-0.4, -0.2) is 34.6 Å². The van der Waals surface area contributed by atoms with Gasteiger partial charge < -0.3 is 14.6 Å². The van der Waals surface area contributed by atoms with E-state index in [2.05, 4.69) is 64.1 Å². The summed E-state index contributed by atoms with van der Waals surface area (Å²) in [7, 11) is 1.72. The number of hydrogen-bond donors (Lipinski definition) is 1. The Morgan fingerprint density at radius 2 is 2.19 bits per heavy atom. The van der Waals surface area contributed by atoms with E-state index in [4.69, 9.17) is 4.74 Å². The van der Waals surface area contributed by atoms with Crippen molar-refractivity contribution in [1.29, 1.82) is 0 Å². The van der Waals surface area contributed by atoms with Crippen molar-refractivity contribution in [2.75, 3.05) is 20.3 Å². The van der Waals surface area contributed by atoms with Crippen LogP contribution >= 0.6 is 0 Å². The lowest BCUT2D eigenvalue weighted by molar-refractivity contribution is 0.199. The molecule has 21 heavy (non-hydrogen) atoms. The lowest BCUT2D eigenvalue weighted by atomic mass is 10.3. The molecule has 2 rings (SSSR count). The highest BCUT2D eigenvalue weighted by molar-refractivity contribution is 5.10. The highest BCUT2D eigenvalue weighted by atomic mass is 16.5. The maximum atomic E-state index is 5.04. The van der Waals surface area contributed by atoms with Crippen LogP contribution in [-0.2, 0) is 17.8 Å². The fourth-order valence-corrected chi connectivity index (χ4v) is 2.22. The number of nitrogens with zero attached hydrogens (tertiary/aromatic N) is 3. The van der Waals surface area contributed by atoms with Crippen LogP contribution in [0.25, 0.3) is 0 Å². The van der Waals surface area contributed by atoms with Crippen molar-refractivity contribution >= 4 is 0 Å². The molecule has 2 heterocycles. The average Bonchev–Trinajstić information content (AvgIpc) is 3.13. The summed E-state index contributed by atoms with van der Waals surface area (Å²) >= 11 is 0. The second kappa shape index (κ2) is 8.00. The van der Waals surface area contributed by atoms with E-state index in [0.717, 1.165) is 38.4 Å². The van der Waals surface area contributed by atoms with Gasteiger partial charge in [-0.15, -0.1) is 0 Å². The van der Waals surface area contributed by atoms with E-state index in [9.17, 15) is 0 Å². The first-order valence-corrected chi connectivity index (χ1v) is 7.62. The van der Waals surface area contributed by atoms with Gasteiger partial charge in [-0.2, -0.15) is 5.10 Å². The summed E-state index contributed by atoms with van der Waals surface area (Å²) < 4.78 is 9.33. The molecule has 0 saturated carbocycles. The first-order chi connectivity index (χ1) is 10.2. The molecule has 1 N–H and O–H groups in total. The Morgan fingerprint density at radius 3 is 2.95 bits per heavy atom. The van der Waals surface area contributed by atoms with Gasteiger partial charge >= 0.3 is 0 Å². The van der Waals surface area contributed by atoms with Crippen molar-refractivity contribution in [2.45, 2.75) is 39.4 Å². The smallest absolute Gasteiger partial charge is 0.0821 e. The molecule has 1 atom stereocenters. The van der Waals surface area contributed by atoms with Crippen LogP contribution in [0.4, 0.5) is 0 Å². The zero-order valence-electron chi connectivity index (χ0n) is 13.2. The van der Waals surface area contributed by atoms with E-state index in [1.807, 2.05) is 0 Å². The molecule has 2 aromatic heterocycles. The van der Waals surface area contributed by atoms with Gasteiger partial charge in [0.15, 0.2) is 0 Å². The SMILES string of the molecule is CCC(C)n1ccc(Cn2cccc2CNCCOC)n1. The molecule has 0 spiro atoms. The third-order valence-corrected chi connectivity index (χ3v) is 3.75. The molecule has 0 saturated heterocycles. The molecule has 5 heteroatoms. The van der Waals surface area contributed by atoms with Crippen molar-refractivity contribution in [1.82, 2.24) is 19.7 Å². The third-order valence-electron chi connectivity index (χ3n) is 3.75. The maximum Gasteiger partial charge on any atom is 0.0821 e. The highest BCUT2D eigenvalue weighted by Crippen LogP contribution is 2.11. The minimum Gasteiger partial charge on any atom is -0.383 e. The normalized spacial score (nSPS) is 12.7. The first-order valence-electron chi connectivity index (χ1n) is 7.62. The average molecular weight is 290 g/mol. The second-order valence-corrected chi connectivity index (χ2v) is 5.34. The summed E-state index contributed by atoms with van der Waals surface area (Å²) in [5.41, 5.74) is 2.37. The van der Waals surface area contributed by atoms with Gasteiger partial charge in [0.2, 0.25) is 0 Å². The molecule has 0 aromatic carbocycles. The zero-order chi connectivity index (χ0) is 15.1. The lowest BCUT2D eigenvalue weighted by Crippen LogP contribution is -2.20. The van der Waals surface area contributed by atoms with Crippen LogP contribution in [0.2, 0.25) is 0 Å². The molecule has 2 aromatic rings. The van der Waals surface area contributed by atoms with Crippen LogP contribution in [0, 0.1) is 0 Å². The number of ether oxygens (including phenoxy) is 1. The Kier molecular flexibility index (Phi) is 6.02. The molecule has 0 aliphatic heterocycles. The Balaban J connectivity index is 1.93. The number of hydrogen-bond acceptors (Lipinski definition) is 3. The van der Waals surface area contributed by atoms with Gasteiger partial charge in [-0.05, 0) is 31.5 Å². The van der Waals surface area contributed by atoms with Gasteiger partial charge in [0, 0.05) is 44.3 Å². The number of aromatic nitrogens is 3. The molecule has 116 valence electrons. The maximum absolute atomic E-state index is 5.04. The summed E-state index contributed by atoms with van der Waals surface area (Å²) in [6, 6.07) is 6.79. The van der Waals surface area contributed by atoms with E-state index in [-0.39, 0.29) is 0 Å². The van der Waals surface area contributed by atoms with Gasteiger partial charge in [-0.1, -0.05) is 6.92 Å². The second-order valence-electron chi connectivity index (χ2n) is 5.34. The van der Waals surface area contributed by atoms with Crippen molar-refractivity contribution in [3.63, 3.8) is 0 Å². The van der Waals surface area contributed by atoms with Crippen molar-refractivity contribution < 1.29 is 4.74 Å². The molecule has 0 aliphatic carbocycles. The van der Waals surface area contributed by atoms with Crippen LogP contribution in [0.5, 0.6) is 0 Å². The number of rotatable bonds is 9. The number of methoxy groups -OCH3 is 1. The largest absolute Gasteiger partial charge is 0.383 e. The monoisotopic (exact) mass is 290 g/mol. The molecule has 1 unspecified atom stereocenters. The van der Waals surface area contributed by atoms with E-state index in [1.165, 1.54) is 5.69 Å². The Labute approximate surface area is 126 Å². The van der Waals surface area contributed by atoms with Crippen LogP contribution in [0.15, 0.2) is 30.6 Å². The van der Waals surface area contributed by atoms with E-state index < -0.39 is 0 Å². The summed E-state index contributed by atoms with van der Waals surface area (Å²) in [5, 5.41) is 8.04. The van der Waals surface area contributed by atoms with Gasteiger partial charge in [-0.25, -0.2) is 0 Å². The Morgan fingerprint density at radius 1 is 1.33 bits per heavy atom. The number of nitrogens with one attached hydrogen (secondary N) is 1. The quantitative estimate of drug-likeness (QED) is 0.721. The van der Waals surface area contributed by atoms with Gasteiger partial charge in [0.25, 0.3) is 0 Å². The summed E-state index contributed by atoms with van der Waals surface area (Å²) in [6.45, 7) is 7.64. The minimum atomic E-state index is 0.457. The zero-order valence-corrected chi connectivity index (χ0v) is 13.2. The lowest BCUT2D eigenvalue weighted by Gasteiger charge is -2.10. The molecular weight excluding hydrogens is 264 g/mol.